The van der Waals surface area contributed by atoms with Crippen molar-refractivity contribution in [2.45, 2.75) is 6.42 Å². The number of nitrogens with one attached hydrogen (secondary N) is 1. The molecule has 2 aromatic carbocycles. The first-order valence-electron chi connectivity index (χ1n) is 7.09. The molecule has 0 saturated carbocycles. The molecular formula is C17H14Cl2FNO3. The summed E-state index contributed by atoms with van der Waals surface area (Å²) >= 11 is 11.8. The van der Waals surface area contributed by atoms with Gasteiger partial charge in [-0.05, 0) is 48.4 Å². The van der Waals surface area contributed by atoms with Crippen molar-refractivity contribution in [1.29, 1.82) is 0 Å². The predicted molar refractivity (Wildman–Crippen MR) is 89.9 cm³/mol. The predicted octanol–water partition coefficient (Wildman–Crippen LogP) is 3.65. The Hall–Kier alpha value is -2.11. The van der Waals surface area contributed by atoms with Gasteiger partial charge in [-0.25, -0.2) is 9.18 Å². The summed E-state index contributed by atoms with van der Waals surface area (Å²) in [5.74, 6) is -1.58. The number of amides is 1. The average Bonchev–Trinajstić information content (AvgIpc) is 2.55. The highest BCUT2D eigenvalue weighted by atomic mass is 35.5. The van der Waals surface area contributed by atoms with Gasteiger partial charge in [-0.15, -0.1) is 0 Å². The molecule has 24 heavy (non-hydrogen) atoms. The first-order valence-corrected chi connectivity index (χ1v) is 7.84. The number of esters is 1. The molecule has 0 heterocycles. The summed E-state index contributed by atoms with van der Waals surface area (Å²) in [7, 11) is 0. The van der Waals surface area contributed by atoms with E-state index in [0.29, 0.717) is 23.0 Å². The lowest BCUT2D eigenvalue weighted by molar-refractivity contribution is -0.124. The Morgan fingerprint density at radius 3 is 2.46 bits per heavy atom. The zero-order valence-electron chi connectivity index (χ0n) is 12.5. The number of benzene rings is 2. The van der Waals surface area contributed by atoms with Crippen LogP contribution in [0.2, 0.25) is 10.0 Å². The van der Waals surface area contributed by atoms with E-state index in [9.17, 15) is 14.0 Å². The molecule has 0 bridgehead atoms. The monoisotopic (exact) mass is 369 g/mol. The second-order valence-electron chi connectivity index (χ2n) is 4.92. The van der Waals surface area contributed by atoms with Crippen molar-refractivity contribution >= 4 is 35.1 Å². The van der Waals surface area contributed by atoms with Crippen molar-refractivity contribution in [1.82, 2.24) is 5.32 Å². The molecule has 126 valence electrons. The number of ether oxygens (including phenoxy) is 1. The van der Waals surface area contributed by atoms with Gasteiger partial charge in [-0.1, -0.05) is 29.3 Å². The molecule has 0 atom stereocenters. The number of hydrogen-bond donors (Lipinski definition) is 1. The maximum atomic E-state index is 12.8. The maximum Gasteiger partial charge on any atom is 0.338 e. The highest BCUT2D eigenvalue weighted by molar-refractivity contribution is 6.35. The number of carbonyl (C=O) groups excluding carboxylic acids is 2. The Balaban J connectivity index is 1.73. The Bertz CT molecular complexity index is 735. The Morgan fingerprint density at radius 1 is 1.08 bits per heavy atom. The molecule has 0 spiro atoms. The third kappa shape index (κ3) is 5.51. The van der Waals surface area contributed by atoms with Crippen LogP contribution in [0, 0.1) is 5.82 Å². The van der Waals surface area contributed by atoms with Gasteiger partial charge in [-0.3, -0.25) is 4.79 Å². The first-order chi connectivity index (χ1) is 11.5. The van der Waals surface area contributed by atoms with E-state index in [1.807, 2.05) is 0 Å². The van der Waals surface area contributed by atoms with Crippen LogP contribution in [0.15, 0.2) is 42.5 Å². The van der Waals surface area contributed by atoms with Gasteiger partial charge in [0.05, 0.1) is 5.56 Å². The van der Waals surface area contributed by atoms with Gasteiger partial charge in [0.1, 0.15) is 5.82 Å². The van der Waals surface area contributed by atoms with Gasteiger partial charge in [0, 0.05) is 16.6 Å². The number of carbonyl (C=O) groups is 2. The van der Waals surface area contributed by atoms with Crippen LogP contribution in [0.4, 0.5) is 4.39 Å². The lowest BCUT2D eigenvalue weighted by Crippen LogP contribution is -2.30. The molecule has 2 aromatic rings. The number of halogens is 3. The maximum absolute atomic E-state index is 12.8. The van der Waals surface area contributed by atoms with Gasteiger partial charge in [0.2, 0.25) is 0 Å². The summed E-state index contributed by atoms with van der Waals surface area (Å²) in [4.78, 5) is 23.3. The summed E-state index contributed by atoms with van der Waals surface area (Å²) in [6.07, 6.45) is 0.521. The molecule has 0 aliphatic rings. The van der Waals surface area contributed by atoms with Crippen LogP contribution in [-0.4, -0.2) is 25.0 Å². The van der Waals surface area contributed by atoms with E-state index < -0.39 is 24.3 Å². The van der Waals surface area contributed by atoms with Crippen molar-refractivity contribution in [2.24, 2.45) is 0 Å². The van der Waals surface area contributed by atoms with E-state index in [-0.39, 0.29) is 5.56 Å². The van der Waals surface area contributed by atoms with Crippen LogP contribution >= 0.6 is 23.2 Å². The van der Waals surface area contributed by atoms with E-state index >= 15 is 0 Å². The summed E-state index contributed by atoms with van der Waals surface area (Å²) in [6.45, 7) is -0.0706. The van der Waals surface area contributed by atoms with Gasteiger partial charge in [0.15, 0.2) is 6.61 Å². The Labute approximate surface area is 148 Å². The average molecular weight is 370 g/mol. The molecule has 0 saturated heterocycles. The van der Waals surface area contributed by atoms with E-state index in [2.05, 4.69) is 5.32 Å². The smallest absolute Gasteiger partial charge is 0.338 e. The molecule has 2 rings (SSSR count). The Kier molecular flexibility index (Phi) is 6.58. The molecule has 1 amide bonds. The van der Waals surface area contributed by atoms with E-state index in [1.165, 1.54) is 12.1 Å². The molecule has 0 aromatic heterocycles. The lowest BCUT2D eigenvalue weighted by atomic mass is 10.1. The topological polar surface area (TPSA) is 55.4 Å². The van der Waals surface area contributed by atoms with Crippen molar-refractivity contribution in [2.75, 3.05) is 13.2 Å². The van der Waals surface area contributed by atoms with Gasteiger partial charge in [-0.2, -0.15) is 0 Å². The van der Waals surface area contributed by atoms with Crippen LogP contribution in [0.3, 0.4) is 0 Å². The van der Waals surface area contributed by atoms with Crippen molar-refractivity contribution in [3.8, 4) is 0 Å². The van der Waals surface area contributed by atoms with Crippen LogP contribution in [0.1, 0.15) is 15.9 Å². The molecule has 1 N–H and O–H groups in total. The molecular weight excluding hydrogens is 356 g/mol. The van der Waals surface area contributed by atoms with Crippen LogP contribution < -0.4 is 5.32 Å². The van der Waals surface area contributed by atoms with E-state index in [1.54, 1.807) is 18.2 Å². The molecule has 0 fully saturated rings. The van der Waals surface area contributed by atoms with E-state index in [4.69, 9.17) is 27.9 Å². The molecule has 0 unspecified atom stereocenters. The normalized spacial score (nSPS) is 10.3. The van der Waals surface area contributed by atoms with Crippen LogP contribution in [0.5, 0.6) is 0 Å². The number of rotatable bonds is 6. The standard InChI is InChI=1S/C17H14Cl2FNO3/c18-13-4-1-11(15(19)9-13)7-8-21-16(22)10-24-17(23)12-2-5-14(20)6-3-12/h1-6,9H,7-8,10H2,(H,21,22). The summed E-state index contributed by atoms with van der Waals surface area (Å²) in [5.41, 5.74) is 1.03. The van der Waals surface area contributed by atoms with E-state index in [0.717, 1.165) is 17.7 Å². The van der Waals surface area contributed by atoms with Gasteiger partial charge in [0.25, 0.3) is 5.91 Å². The fraction of sp³-hybridized carbons (Fsp3) is 0.176. The number of hydrogen-bond acceptors (Lipinski definition) is 3. The van der Waals surface area contributed by atoms with Crippen molar-refractivity contribution < 1.29 is 18.7 Å². The SMILES string of the molecule is O=C(COC(=O)c1ccc(F)cc1)NCCc1ccc(Cl)cc1Cl. The zero-order valence-corrected chi connectivity index (χ0v) is 14.0. The van der Waals surface area contributed by atoms with Crippen LogP contribution in [0.25, 0.3) is 0 Å². The fourth-order valence-corrected chi connectivity index (χ4v) is 2.42. The lowest BCUT2D eigenvalue weighted by Gasteiger charge is -2.08. The van der Waals surface area contributed by atoms with Crippen molar-refractivity contribution in [3.63, 3.8) is 0 Å². The highest BCUT2D eigenvalue weighted by Crippen LogP contribution is 2.21. The van der Waals surface area contributed by atoms with Gasteiger partial charge >= 0.3 is 5.97 Å². The zero-order chi connectivity index (χ0) is 17.5. The summed E-state index contributed by atoms with van der Waals surface area (Å²) < 4.78 is 17.6. The molecule has 7 heteroatoms. The minimum Gasteiger partial charge on any atom is -0.452 e. The first kappa shape index (κ1) is 18.2. The summed E-state index contributed by atoms with van der Waals surface area (Å²) in [5, 5.41) is 3.69. The van der Waals surface area contributed by atoms with Gasteiger partial charge < -0.3 is 10.1 Å². The minimum absolute atomic E-state index is 0.178. The molecule has 0 aliphatic carbocycles. The third-order valence-electron chi connectivity index (χ3n) is 3.15. The second kappa shape index (κ2) is 8.66. The molecule has 4 nitrogen and oxygen atoms in total. The molecule has 0 radical (unpaired) electrons. The second-order valence-corrected chi connectivity index (χ2v) is 5.76. The fourth-order valence-electron chi connectivity index (χ4n) is 1.91. The quantitative estimate of drug-likeness (QED) is 0.790. The summed E-state index contributed by atoms with van der Waals surface area (Å²) in [6, 6.07) is 10.0. The largest absolute Gasteiger partial charge is 0.452 e. The van der Waals surface area contributed by atoms with Crippen LogP contribution in [-0.2, 0) is 16.0 Å². The third-order valence-corrected chi connectivity index (χ3v) is 3.73. The minimum atomic E-state index is -0.689. The van der Waals surface area contributed by atoms with Crippen molar-refractivity contribution in [3.05, 3.63) is 69.5 Å². The highest BCUT2D eigenvalue weighted by Gasteiger charge is 2.10. The molecule has 0 aliphatic heterocycles. The Morgan fingerprint density at radius 2 is 1.79 bits per heavy atom.